The van der Waals surface area contributed by atoms with Crippen molar-refractivity contribution in [3.63, 3.8) is 0 Å². The molecule has 2 aromatic rings. The molecule has 0 radical (unpaired) electrons. The zero-order valence-corrected chi connectivity index (χ0v) is 15.2. The average Bonchev–Trinajstić information content (AvgIpc) is 2.56. The molecule has 0 saturated heterocycles. The fourth-order valence-corrected chi connectivity index (χ4v) is 2.75. The normalized spacial score (nSPS) is 11.5. The molecule has 0 aliphatic heterocycles. The Morgan fingerprint density at radius 3 is 2.58 bits per heavy atom. The molecular weight excluding hydrogens is 316 g/mol. The molecule has 2 N–H and O–H groups in total. The lowest BCUT2D eigenvalue weighted by Gasteiger charge is -2.19. The third-order valence-corrected chi connectivity index (χ3v) is 3.95. The summed E-state index contributed by atoms with van der Waals surface area (Å²) >= 11 is 5.42. The minimum Gasteiger partial charge on any atom is -0.490 e. The van der Waals surface area contributed by atoms with E-state index in [0.29, 0.717) is 11.7 Å². The highest BCUT2D eigenvalue weighted by molar-refractivity contribution is 7.80. The molecule has 4 heteroatoms. The zero-order valence-electron chi connectivity index (χ0n) is 14.4. The maximum absolute atomic E-state index is 5.47. The van der Waals surface area contributed by atoms with Gasteiger partial charge in [0.05, 0.1) is 6.04 Å². The summed E-state index contributed by atoms with van der Waals surface area (Å²) in [6, 6.07) is 14.3. The fraction of sp³-hybridized carbons (Fsp3) is 0.250. The number of thiocarbonyl (C=S) groups is 1. The van der Waals surface area contributed by atoms with Crippen molar-refractivity contribution in [3.8, 4) is 5.75 Å². The molecule has 0 bridgehead atoms. The summed E-state index contributed by atoms with van der Waals surface area (Å²) in [5.74, 6) is 0.808. The van der Waals surface area contributed by atoms with Gasteiger partial charge in [0.1, 0.15) is 12.4 Å². The van der Waals surface area contributed by atoms with Crippen molar-refractivity contribution >= 4 is 23.0 Å². The van der Waals surface area contributed by atoms with E-state index in [9.17, 15) is 0 Å². The van der Waals surface area contributed by atoms with E-state index < -0.39 is 0 Å². The number of hydrogen-bond donors (Lipinski definition) is 2. The van der Waals surface area contributed by atoms with Gasteiger partial charge in [-0.1, -0.05) is 36.4 Å². The molecule has 2 aromatic carbocycles. The lowest BCUT2D eigenvalue weighted by atomic mass is 10.0. The van der Waals surface area contributed by atoms with Crippen LogP contribution in [0, 0.1) is 13.8 Å². The molecule has 0 fully saturated rings. The summed E-state index contributed by atoms with van der Waals surface area (Å²) in [7, 11) is 0. The van der Waals surface area contributed by atoms with E-state index in [0.717, 1.165) is 11.4 Å². The summed E-state index contributed by atoms with van der Waals surface area (Å²) in [4.78, 5) is 0. The first-order valence-electron chi connectivity index (χ1n) is 7.98. The predicted molar refractivity (Wildman–Crippen MR) is 106 cm³/mol. The highest BCUT2D eigenvalue weighted by atomic mass is 32.1. The summed E-state index contributed by atoms with van der Waals surface area (Å²) in [5.41, 5.74) is 4.68. The molecule has 3 nitrogen and oxygen atoms in total. The molecule has 0 aliphatic rings. The molecule has 0 aliphatic carbocycles. The lowest BCUT2D eigenvalue weighted by Crippen LogP contribution is -2.31. The summed E-state index contributed by atoms with van der Waals surface area (Å²) in [5, 5.41) is 7.14. The molecule has 1 atom stereocenters. The topological polar surface area (TPSA) is 33.3 Å². The Morgan fingerprint density at radius 2 is 1.92 bits per heavy atom. The third-order valence-electron chi connectivity index (χ3n) is 3.73. The minimum atomic E-state index is 0.139. The van der Waals surface area contributed by atoms with E-state index in [4.69, 9.17) is 17.0 Å². The number of aryl methyl sites for hydroxylation is 2. The van der Waals surface area contributed by atoms with Gasteiger partial charge in [-0.2, -0.15) is 0 Å². The predicted octanol–water partition coefficient (Wildman–Crippen LogP) is 4.92. The fourth-order valence-electron chi connectivity index (χ4n) is 2.46. The van der Waals surface area contributed by atoms with Crippen molar-refractivity contribution < 1.29 is 4.74 Å². The zero-order chi connectivity index (χ0) is 17.5. The van der Waals surface area contributed by atoms with Crippen LogP contribution in [0.2, 0.25) is 0 Å². The van der Waals surface area contributed by atoms with Crippen molar-refractivity contribution in [2.75, 3.05) is 11.9 Å². The van der Waals surface area contributed by atoms with Crippen molar-refractivity contribution in [3.05, 3.63) is 71.8 Å². The van der Waals surface area contributed by atoms with Crippen LogP contribution in [0.4, 0.5) is 5.69 Å². The van der Waals surface area contributed by atoms with Crippen LogP contribution in [0.1, 0.15) is 29.7 Å². The van der Waals surface area contributed by atoms with Crippen LogP contribution in [0.15, 0.2) is 55.1 Å². The number of rotatable bonds is 6. The second kappa shape index (κ2) is 8.50. The molecular formula is C20H24N2OS. The lowest BCUT2D eigenvalue weighted by molar-refractivity contribution is 0.363. The Labute approximate surface area is 149 Å². The van der Waals surface area contributed by atoms with Gasteiger partial charge in [0.15, 0.2) is 5.11 Å². The highest BCUT2D eigenvalue weighted by Crippen LogP contribution is 2.20. The molecule has 0 amide bonds. The van der Waals surface area contributed by atoms with E-state index in [-0.39, 0.29) is 6.04 Å². The van der Waals surface area contributed by atoms with E-state index in [1.165, 1.54) is 16.7 Å². The van der Waals surface area contributed by atoms with Crippen LogP contribution >= 0.6 is 12.2 Å². The summed E-state index contributed by atoms with van der Waals surface area (Å²) in [6.07, 6.45) is 1.72. The van der Waals surface area contributed by atoms with Gasteiger partial charge < -0.3 is 15.4 Å². The van der Waals surface area contributed by atoms with Crippen LogP contribution < -0.4 is 15.4 Å². The molecule has 24 heavy (non-hydrogen) atoms. The number of anilines is 1. The summed E-state index contributed by atoms with van der Waals surface area (Å²) in [6.45, 7) is 10.5. The van der Waals surface area contributed by atoms with Gasteiger partial charge in [0.2, 0.25) is 0 Å². The standard InChI is InChI=1S/C20H24N2OS/c1-5-12-23-18-10-8-17(9-11-18)22-20(24)21-16(4)19-13-14(2)6-7-15(19)3/h5-11,13,16H,1,12H2,2-4H3,(H2,21,22,24)/t16-/m0/s1. The van der Waals surface area contributed by atoms with Gasteiger partial charge in [-0.25, -0.2) is 0 Å². The highest BCUT2D eigenvalue weighted by Gasteiger charge is 2.10. The van der Waals surface area contributed by atoms with Crippen molar-refractivity contribution in [2.45, 2.75) is 26.8 Å². The first kappa shape index (κ1) is 18.0. The summed E-state index contributed by atoms with van der Waals surface area (Å²) < 4.78 is 5.47. The average molecular weight is 340 g/mol. The van der Waals surface area contributed by atoms with Crippen molar-refractivity contribution in [1.82, 2.24) is 5.32 Å². The second-order valence-electron chi connectivity index (χ2n) is 5.80. The Morgan fingerprint density at radius 1 is 1.21 bits per heavy atom. The molecule has 126 valence electrons. The molecule has 2 rings (SSSR count). The smallest absolute Gasteiger partial charge is 0.171 e. The molecule has 0 unspecified atom stereocenters. The van der Waals surface area contributed by atoms with E-state index in [1.807, 2.05) is 24.3 Å². The van der Waals surface area contributed by atoms with Crippen LogP contribution in [0.3, 0.4) is 0 Å². The van der Waals surface area contributed by atoms with Gasteiger partial charge in [0.25, 0.3) is 0 Å². The van der Waals surface area contributed by atoms with E-state index in [2.05, 4.69) is 56.2 Å². The SMILES string of the molecule is C=CCOc1ccc(NC(=S)N[C@@H](C)c2cc(C)ccc2C)cc1. The van der Waals surface area contributed by atoms with E-state index in [1.54, 1.807) is 6.08 Å². The van der Waals surface area contributed by atoms with Gasteiger partial charge >= 0.3 is 0 Å². The Hall–Kier alpha value is -2.33. The first-order valence-corrected chi connectivity index (χ1v) is 8.39. The third kappa shape index (κ3) is 5.10. The maximum atomic E-state index is 5.47. The molecule has 0 heterocycles. The van der Waals surface area contributed by atoms with Gasteiger partial charge in [-0.05, 0) is 68.4 Å². The number of nitrogens with one attached hydrogen (secondary N) is 2. The monoisotopic (exact) mass is 340 g/mol. The largest absolute Gasteiger partial charge is 0.490 e. The second-order valence-corrected chi connectivity index (χ2v) is 6.21. The first-order chi connectivity index (χ1) is 11.5. The Balaban J connectivity index is 1.95. The van der Waals surface area contributed by atoms with Crippen molar-refractivity contribution in [2.24, 2.45) is 0 Å². The van der Waals surface area contributed by atoms with Gasteiger partial charge in [0, 0.05) is 5.69 Å². The van der Waals surface area contributed by atoms with Crippen LogP contribution in [0.25, 0.3) is 0 Å². The Bertz CT molecular complexity index is 710. The van der Waals surface area contributed by atoms with Crippen LogP contribution in [-0.2, 0) is 0 Å². The molecule has 0 spiro atoms. The minimum absolute atomic E-state index is 0.139. The number of ether oxygens (including phenoxy) is 1. The Kier molecular flexibility index (Phi) is 6.38. The van der Waals surface area contributed by atoms with Crippen LogP contribution in [-0.4, -0.2) is 11.7 Å². The van der Waals surface area contributed by atoms with Gasteiger partial charge in [-0.15, -0.1) is 0 Å². The quantitative estimate of drug-likeness (QED) is 0.578. The molecule has 0 saturated carbocycles. The number of benzene rings is 2. The van der Waals surface area contributed by atoms with Crippen molar-refractivity contribution in [1.29, 1.82) is 0 Å². The van der Waals surface area contributed by atoms with Gasteiger partial charge in [-0.3, -0.25) is 0 Å². The van der Waals surface area contributed by atoms with Crippen LogP contribution in [0.5, 0.6) is 5.75 Å². The maximum Gasteiger partial charge on any atom is 0.171 e. The molecule has 0 aromatic heterocycles. The number of hydrogen-bond acceptors (Lipinski definition) is 2. The van der Waals surface area contributed by atoms with E-state index >= 15 is 0 Å².